The van der Waals surface area contributed by atoms with Gasteiger partial charge in [0.05, 0.1) is 51.9 Å². The maximum Gasteiger partial charge on any atom is 0.397 e. The first kappa shape index (κ1) is 43.7. The number of pyridine rings is 1. The van der Waals surface area contributed by atoms with Crippen molar-refractivity contribution in [1.82, 2.24) is 0 Å². The van der Waals surface area contributed by atoms with E-state index in [9.17, 15) is 47.6 Å². The molecule has 1 heterocycles. The van der Waals surface area contributed by atoms with Crippen LogP contribution in [0.5, 0.6) is 0 Å². The van der Waals surface area contributed by atoms with Crippen LogP contribution in [0.1, 0.15) is 10.4 Å². The fourth-order valence-electron chi connectivity index (χ4n) is 4.19. The molecule has 0 aliphatic carbocycles. The third kappa shape index (κ3) is 12.2. The van der Waals surface area contributed by atoms with Gasteiger partial charge in [-0.3, -0.25) is 13.7 Å². The highest BCUT2D eigenvalue weighted by Crippen LogP contribution is 2.43. The average molecular weight is 879 g/mol. The van der Waals surface area contributed by atoms with Crippen molar-refractivity contribution in [2.75, 3.05) is 30.4 Å². The summed E-state index contributed by atoms with van der Waals surface area (Å²) in [5.41, 5.74) is 9.40. The molecule has 0 radical (unpaired) electrons. The maximum absolute atomic E-state index is 12.4. The summed E-state index contributed by atoms with van der Waals surface area (Å²) >= 11 is 0.564. The van der Waals surface area contributed by atoms with Gasteiger partial charge in [0.15, 0.2) is 28.8 Å². The highest BCUT2D eigenvalue weighted by molar-refractivity contribution is 7.94. The van der Waals surface area contributed by atoms with E-state index in [1.807, 2.05) is 0 Å². The largest absolute Gasteiger partial charge is 0.478 e. The predicted octanol–water partition coefficient (Wildman–Crippen LogP) is 3.41. The smallest absolute Gasteiger partial charge is 0.397 e. The molecule has 0 aliphatic heterocycles. The van der Waals surface area contributed by atoms with Gasteiger partial charge in [0.25, 0.3) is 20.2 Å². The summed E-state index contributed by atoms with van der Waals surface area (Å²) in [6, 6.07) is 11.3. The summed E-state index contributed by atoms with van der Waals surface area (Å²) in [6.07, 6.45) is 3.03. The molecule has 0 saturated carbocycles. The Balaban J connectivity index is 1.54. The minimum atomic E-state index is -5.07. The second-order valence-corrected chi connectivity index (χ2v) is 17.5. The van der Waals surface area contributed by atoms with Gasteiger partial charge >= 0.3 is 16.4 Å². The van der Waals surface area contributed by atoms with Crippen LogP contribution in [0.25, 0.3) is 0 Å². The quantitative estimate of drug-likeness (QED) is 0.0122. The number of anilines is 2. The molecule has 3 aromatic carbocycles. The van der Waals surface area contributed by atoms with Gasteiger partial charge in [-0.1, -0.05) is 0 Å². The van der Waals surface area contributed by atoms with E-state index in [4.69, 9.17) is 30.3 Å². The van der Waals surface area contributed by atoms with Gasteiger partial charge in [0.2, 0.25) is 0 Å². The molecule has 0 aliphatic rings. The number of benzene rings is 3. The number of nitrogen functional groups attached to an aromatic ring is 2. The van der Waals surface area contributed by atoms with Gasteiger partial charge in [-0.25, -0.2) is 26.9 Å². The highest BCUT2D eigenvalue weighted by atomic mass is 32.3. The van der Waals surface area contributed by atoms with Crippen molar-refractivity contribution >= 4 is 92.6 Å². The summed E-state index contributed by atoms with van der Waals surface area (Å²) < 4.78 is 134. The molecule has 0 bridgehead atoms. The van der Waals surface area contributed by atoms with Crippen LogP contribution in [-0.2, 0) is 60.4 Å². The van der Waals surface area contributed by atoms with Crippen LogP contribution in [0, 0.1) is 0 Å². The molecule has 1 aromatic heterocycles. The van der Waals surface area contributed by atoms with E-state index in [0.717, 1.165) is 36.4 Å². The molecule has 56 heavy (non-hydrogen) atoms. The molecule has 0 atom stereocenters. The Morgan fingerprint density at radius 2 is 1.36 bits per heavy atom. The summed E-state index contributed by atoms with van der Waals surface area (Å²) in [5.74, 6) is -1.90. The zero-order chi connectivity index (χ0) is 41.5. The van der Waals surface area contributed by atoms with Crippen LogP contribution in [0.4, 0.5) is 34.1 Å². The molecular weight excluding hydrogens is 851 g/mol. The number of aromatic carboxylic acids is 1. The predicted molar refractivity (Wildman–Crippen MR) is 192 cm³/mol. The van der Waals surface area contributed by atoms with Gasteiger partial charge < -0.3 is 16.6 Å². The molecule has 0 unspecified atom stereocenters. The maximum atomic E-state index is 12.4. The summed E-state index contributed by atoms with van der Waals surface area (Å²) in [7, 11) is -19.0. The summed E-state index contributed by atoms with van der Waals surface area (Å²) in [4.78, 5) is 14.1. The molecule has 0 amide bonds. The number of nitrogens with zero attached hydrogens (tertiary/aromatic N) is 5. The van der Waals surface area contributed by atoms with Gasteiger partial charge in [-0.05, 0) is 48.5 Å². The van der Waals surface area contributed by atoms with Crippen molar-refractivity contribution in [3.63, 3.8) is 0 Å². The summed E-state index contributed by atoms with van der Waals surface area (Å²) in [6.45, 7) is -0.614. The number of rotatable bonds is 18. The fourth-order valence-corrected chi connectivity index (χ4v) is 7.53. The first-order chi connectivity index (χ1) is 26.0. The van der Waals surface area contributed by atoms with Gasteiger partial charge in [0.1, 0.15) is 33.5 Å². The molecule has 4 rings (SSSR count). The Labute approximate surface area is 322 Å². The molecule has 8 N–H and O–H groups in total. The van der Waals surface area contributed by atoms with E-state index >= 15 is 0 Å². The second-order valence-electron chi connectivity index (χ2n) is 10.7. The first-order valence-electron chi connectivity index (χ1n) is 14.8. The van der Waals surface area contributed by atoms with Crippen molar-refractivity contribution in [2.45, 2.75) is 26.1 Å². The molecule has 0 spiro atoms. The van der Waals surface area contributed by atoms with Crippen molar-refractivity contribution in [2.24, 2.45) is 20.5 Å². The van der Waals surface area contributed by atoms with E-state index in [1.165, 1.54) is 30.6 Å². The third-order valence-corrected chi connectivity index (χ3v) is 11.4. The number of hydrogen-bond acceptors (Lipinski definition) is 19. The van der Waals surface area contributed by atoms with E-state index in [0.29, 0.717) is 18.1 Å². The van der Waals surface area contributed by atoms with Crippen LogP contribution >= 0.6 is 12.0 Å². The Bertz CT molecular complexity index is 2620. The Morgan fingerprint density at radius 1 is 0.732 bits per heavy atom. The van der Waals surface area contributed by atoms with Crippen LogP contribution < -0.4 is 16.0 Å². The number of carboxylic acid groups (broad SMARTS) is 1. The van der Waals surface area contributed by atoms with Crippen molar-refractivity contribution in [1.29, 1.82) is 0 Å². The van der Waals surface area contributed by atoms with Crippen molar-refractivity contribution < 1.29 is 75.2 Å². The number of azo groups is 2. The molecule has 300 valence electrons. The number of aromatic nitrogens is 1. The lowest BCUT2D eigenvalue weighted by molar-refractivity contribution is -0.700. The van der Waals surface area contributed by atoms with Crippen LogP contribution in [0.2, 0.25) is 0 Å². The lowest BCUT2D eigenvalue weighted by atomic mass is 10.2. The molecule has 4 aromatic rings. The van der Waals surface area contributed by atoms with E-state index in [2.05, 4.69) is 24.6 Å². The standard InChI is InChI=1S/C28H27N7O16S5/c29-25-22(33-32-21-6-3-19(15-23(21)54(40,41)42)52-51-49-12-11-35-9-7-17(8-10-35)28(36)37)16-24(55(43,44)45)26(30)27(25)34-31-18-1-4-20(5-2-18)53(38,39)14-13-50-56(46,47)48/h1-10,15-16H,11-14H2,(H7-,29,30,31,32,36,37,40,41,42,43,44,45,46,47,48)/p+1. The Kier molecular flexibility index (Phi) is 13.9. The summed E-state index contributed by atoms with van der Waals surface area (Å²) in [5, 5.41) is 24.2. The monoisotopic (exact) mass is 878 g/mol. The minimum Gasteiger partial charge on any atom is -0.478 e. The molecule has 0 saturated heterocycles. The number of carbonyl (C=O) groups is 1. The molecule has 0 fully saturated rings. The highest BCUT2D eigenvalue weighted by Gasteiger charge is 2.24. The zero-order valence-corrected chi connectivity index (χ0v) is 32.0. The third-order valence-electron chi connectivity index (χ3n) is 6.87. The topological polar surface area (TPSA) is 368 Å². The van der Waals surface area contributed by atoms with Gasteiger partial charge in [-0.15, -0.1) is 15.3 Å². The number of sulfone groups is 1. The number of hydrogen-bond donors (Lipinski definition) is 6. The van der Waals surface area contributed by atoms with E-state index in [1.54, 1.807) is 4.57 Å². The Hall–Kier alpha value is -5.01. The van der Waals surface area contributed by atoms with Crippen LogP contribution in [0.15, 0.2) is 113 Å². The first-order valence-corrected chi connectivity index (χ1v) is 21.5. The van der Waals surface area contributed by atoms with E-state index in [-0.39, 0.29) is 34.2 Å². The number of carboxylic acids is 1. The fraction of sp³-hybridized carbons (Fsp3) is 0.143. The van der Waals surface area contributed by atoms with Crippen molar-refractivity contribution in [3.05, 3.63) is 78.6 Å². The molecule has 28 heteroatoms. The lowest BCUT2D eigenvalue weighted by Crippen LogP contribution is -2.35. The van der Waals surface area contributed by atoms with E-state index < -0.39 is 97.0 Å². The number of nitrogens with two attached hydrogens (primary N) is 2. The normalized spacial score (nSPS) is 12.8. The molecular formula is C28H28N7O16S5+. The van der Waals surface area contributed by atoms with Crippen molar-refractivity contribution in [3.8, 4) is 0 Å². The van der Waals surface area contributed by atoms with Gasteiger partial charge in [-0.2, -0.15) is 34.7 Å². The Morgan fingerprint density at radius 3 is 1.95 bits per heavy atom. The van der Waals surface area contributed by atoms with Crippen LogP contribution in [0.3, 0.4) is 0 Å². The van der Waals surface area contributed by atoms with Gasteiger partial charge in [0, 0.05) is 17.0 Å². The zero-order valence-electron chi connectivity index (χ0n) is 27.9. The average Bonchev–Trinajstić information content (AvgIpc) is 3.10. The second kappa shape index (κ2) is 17.8. The molecule has 23 nitrogen and oxygen atoms in total. The minimum absolute atomic E-state index is 0.00549. The van der Waals surface area contributed by atoms with Crippen LogP contribution in [-0.4, -0.2) is 77.4 Å². The lowest BCUT2D eigenvalue weighted by Gasteiger charge is -2.11. The SMILES string of the molecule is Nc1c(N=Nc2ccc(SOOCC[n+]3ccc(C(=O)O)cc3)cc2S(=O)(=O)O)cc(S(=O)(=O)O)c(N)c1N=Nc1ccc(S(=O)(=O)CCOS(=O)(=O)O)cc1.